The van der Waals surface area contributed by atoms with Gasteiger partial charge in [-0.25, -0.2) is 9.67 Å². The Morgan fingerprint density at radius 1 is 1.41 bits per heavy atom. The van der Waals surface area contributed by atoms with Gasteiger partial charge in [0.1, 0.15) is 11.2 Å². The average Bonchev–Trinajstić information content (AvgIpc) is 2.89. The smallest absolute Gasteiger partial charge is 0.317 e. The number of fused-ring (bicyclic) bond motifs is 1. The zero-order chi connectivity index (χ0) is 11.9. The molecule has 6 heteroatoms. The van der Waals surface area contributed by atoms with Crippen molar-refractivity contribution < 1.29 is 14.6 Å². The Hall–Kier alpha value is -1.43. The van der Waals surface area contributed by atoms with Gasteiger partial charge < -0.3 is 9.84 Å². The molecule has 1 saturated heterocycles. The first-order valence-electron chi connectivity index (χ1n) is 5.98. The number of aliphatic carboxylic acids is 1. The van der Waals surface area contributed by atoms with Crippen LogP contribution >= 0.6 is 0 Å². The zero-order valence-electron chi connectivity index (χ0n) is 9.56. The molecule has 0 spiro atoms. The van der Waals surface area contributed by atoms with Crippen LogP contribution in [0.15, 0.2) is 0 Å². The van der Waals surface area contributed by atoms with Crippen molar-refractivity contribution in [1.29, 1.82) is 0 Å². The summed E-state index contributed by atoms with van der Waals surface area (Å²) in [5.74, 6) is 0.570. The normalized spacial score (nSPS) is 22.4. The van der Waals surface area contributed by atoms with Crippen LogP contribution in [0.5, 0.6) is 0 Å². The number of aryl methyl sites for hydroxylation is 2. The van der Waals surface area contributed by atoms with Crippen molar-refractivity contribution in [2.24, 2.45) is 0 Å². The zero-order valence-corrected chi connectivity index (χ0v) is 9.56. The Bertz CT molecular complexity index is 427. The highest BCUT2D eigenvalue weighted by Crippen LogP contribution is 2.33. The Labute approximate surface area is 98.6 Å². The van der Waals surface area contributed by atoms with Gasteiger partial charge in [0.05, 0.1) is 0 Å². The van der Waals surface area contributed by atoms with Crippen LogP contribution in [-0.2, 0) is 27.9 Å². The van der Waals surface area contributed by atoms with Gasteiger partial charge in [-0.1, -0.05) is 0 Å². The first kappa shape index (κ1) is 10.7. The van der Waals surface area contributed by atoms with Gasteiger partial charge in [-0.15, -0.1) is 0 Å². The van der Waals surface area contributed by atoms with Crippen LogP contribution < -0.4 is 0 Å². The summed E-state index contributed by atoms with van der Waals surface area (Å²) in [6.45, 7) is 1.79. The van der Waals surface area contributed by atoms with Gasteiger partial charge in [-0.3, -0.25) is 4.79 Å². The van der Waals surface area contributed by atoms with Crippen molar-refractivity contribution in [2.45, 2.75) is 37.6 Å². The summed E-state index contributed by atoms with van der Waals surface area (Å²) < 4.78 is 7.09. The molecular weight excluding hydrogens is 222 g/mol. The van der Waals surface area contributed by atoms with Crippen molar-refractivity contribution in [3.05, 3.63) is 11.6 Å². The summed E-state index contributed by atoms with van der Waals surface area (Å²) in [6.07, 6.45) is 2.88. The number of hydrogen-bond donors (Lipinski definition) is 1. The standard InChI is InChI=1S/C11H15N3O3/c15-10(16)11(3-6-17-7-4-11)9-12-8-2-1-5-14(8)13-9/h1-7H2,(H,15,16). The fraction of sp³-hybridized carbons (Fsp3) is 0.727. The molecule has 3 heterocycles. The van der Waals surface area contributed by atoms with Crippen LogP contribution in [0.3, 0.4) is 0 Å². The highest BCUT2D eigenvalue weighted by atomic mass is 16.5. The minimum absolute atomic E-state index is 0.464. The third-order valence-corrected chi connectivity index (χ3v) is 3.70. The van der Waals surface area contributed by atoms with Gasteiger partial charge in [0, 0.05) is 26.2 Å². The third-order valence-electron chi connectivity index (χ3n) is 3.70. The summed E-state index contributed by atoms with van der Waals surface area (Å²) in [7, 11) is 0. The molecule has 1 aromatic rings. The maximum absolute atomic E-state index is 11.6. The molecule has 0 unspecified atom stereocenters. The number of hydrogen-bond acceptors (Lipinski definition) is 4. The van der Waals surface area contributed by atoms with E-state index in [1.54, 1.807) is 0 Å². The second-order valence-corrected chi connectivity index (χ2v) is 4.68. The molecule has 3 rings (SSSR count). The Kier molecular flexibility index (Phi) is 2.39. The van der Waals surface area contributed by atoms with E-state index in [9.17, 15) is 9.90 Å². The van der Waals surface area contributed by atoms with E-state index in [1.165, 1.54) is 0 Å². The Morgan fingerprint density at radius 3 is 2.82 bits per heavy atom. The third kappa shape index (κ3) is 1.55. The molecule has 0 amide bonds. The summed E-state index contributed by atoms with van der Waals surface area (Å²) in [5.41, 5.74) is -0.935. The molecule has 0 aliphatic carbocycles. The molecule has 17 heavy (non-hydrogen) atoms. The van der Waals surface area contributed by atoms with E-state index in [2.05, 4.69) is 10.1 Å². The number of ether oxygens (including phenoxy) is 1. The van der Waals surface area contributed by atoms with E-state index < -0.39 is 11.4 Å². The van der Waals surface area contributed by atoms with Gasteiger partial charge >= 0.3 is 5.97 Å². The van der Waals surface area contributed by atoms with Gasteiger partial charge in [0.25, 0.3) is 0 Å². The van der Waals surface area contributed by atoms with Crippen LogP contribution in [-0.4, -0.2) is 39.1 Å². The molecule has 2 aliphatic heterocycles. The topological polar surface area (TPSA) is 77.2 Å². The van der Waals surface area contributed by atoms with Gasteiger partial charge in [0.15, 0.2) is 5.82 Å². The number of aromatic nitrogens is 3. The van der Waals surface area contributed by atoms with E-state index >= 15 is 0 Å². The van der Waals surface area contributed by atoms with Crippen molar-refractivity contribution >= 4 is 5.97 Å². The molecule has 0 radical (unpaired) electrons. The molecule has 0 bridgehead atoms. The summed E-state index contributed by atoms with van der Waals surface area (Å²) in [4.78, 5) is 16.0. The highest BCUT2D eigenvalue weighted by Gasteiger charge is 2.46. The van der Waals surface area contributed by atoms with E-state index in [4.69, 9.17) is 4.74 Å². The molecule has 1 fully saturated rings. The molecule has 0 saturated carbocycles. The Morgan fingerprint density at radius 2 is 2.18 bits per heavy atom. The van der Waals surface area contributed by atoms with Crippen LogP contribution in [0, 0.1) is 0 Å². The molecular formula is C11H15N3O3. The quantitative estimate of drug-likeness (QED) is 0.803. The first-order valence-corrected chi connectivity index (χ1v) is 5.98. The van der Waals surface area contributed by atoms with E-state index in [-0.39, 0.29) is 0 Å². The lowest BCUT2D eigenvalue weighted by Gasteiger charge is -2.30. The highest BCUT2D eigenvalue weighted by molar-refractivity contribution is 5.80. The number of carboxylic acids is 1. The molecule has 2 aliphatic rings. The molecule has 0 aromatic carbocycles. The number of rotatable bonds is 2. The monoisotopic (exact) mass is 237 g/mol. The number of carbonyl (C=O) groups is 1. The molecule has 92 valence electrons. The molecule has 0 atom stereocenters. The van der Waals surface area contributed by atoms with Gasteiger partial charge in [0.2, 0.25) is 0 Å². The summed E-state index contributed by atoms with van der Waals surface area (Å²) in [6, 6.07) is 0. The van der Waals surface area contributed by atoms with Gasteiger partial charge in [-0.2, -0.15) is 5.10 Å². The molecule has 1 aromatic heterocycles. The lowest BCUT2D eigenvalue weighted by molar-refractivity contribution is -0.148. The minimum atomic E-state index is -0.935. The van der Waals surface area contributed by atoms with Crippen molar-refractivity contribution in [3.63, 3.8) is 0 Å². The fourth-order valence-corrected chi connectivity index (χ4v) is 2.58. The maximum Gasteiger partial charge on any atom is 0.317 e. The van der Waals surface area contributed by atoms with Gasteiger partial charge in [-0.05, 0) is 19.3 Å². The maximum atomic E-state index is 11.6. The predicted molar refractivity (Wildman–Crippen MR) is 57.7 cm³/mol. The van der Waals surface area contributed by atoms with Crippen LogP contribution in [0.4, 0.5) is 0 Å². The first-order chi connectivity index (χ1) is 8.22. The number of carboxylic acid groups (broad SMARTS) is 1. The second-order valence-electron chi connectivity index (χ2n) is 4.68. The van der Waals surface area contributed by atoms with E-state index in [1.807, 2.05) is 4.68 Å². The minimum Gasteiger partial charge on any atom is -0.480 e. The van der Waals surface area contributed by atoms with Crippen molar-refractivity contribution in [1.82, 2.24) is 14.8 Å². The second kappa shape index (κ2) is 3.80. The fourth-order valence-electron chi connectivity index (χ4n) is 2.58. The average molecular weight is 237 g/mol. The van der Waals surface area contributed by atoms with Crippen molar-refractivity contribution in [3.8, 4) is 0 Å². The van der Waals surface area contributed by atoms with Crippen molar-refractivity contribution in [2.75, 3.05) is 13.2 Å². The summed E-state index contributed by atoms with van der Waals surface area (Å²) in [5, 5.41) is 13.9. The van der Waals surface area contributed by atoms with Crippen LogP contribution in [0.2, 0.25) is 0 Å². The Balaban J connectivity index is 2.00. The summed E-state index contributed by atoms with van der Waals surface area (Å²) >= 11 is 0. The van der Waals surface area contributed by atoms with Crippen LogP contribution in [0.25, 0.3) is 0 Å². The lowest BCUT2D eigenvalue weighted by atomic mass is 9.79. The molecule has 1 N–H and O–H groups in total. The lowest BCUT2D eigenvalue weighted by Crippen LogP contribution is -2.42. The molecule has 6 nitrogen and oxygen atoms in total. The van der Waals surface area contributed by atoms with E-state index in [0.717, 1.165) is 25.2 Å². The number of nitrogens with zero attached hydrogens (tertiary/aromatic N) is 3. The SMILES string of the molecule is O=C(O)C1(c2nc3n(n2)CCC3)CCOCC1. The largest absolute Gasteiger partial charge is 0.480 e. The predicted octanol–water partition coefficient (Wildman–Crippen LogP) is 0.357. The van der Waals surface area contributed by atoms with Crippen LogP contribution in [0.1, 0.15) is 30.9 Å². The van der Waals surface area contributed by atoms with E-state index in [0.29, 0.717) is 31.9 Å².